The van der Waals surface area contributed by atoms with Crippen molar-refractivity contribution in [1.29, 1.82) is 0 Å². The molecule has 1 fully saturated rings. The van der Waals surface area contributed by atoms with Crippen LogP contribution in [0.25, 0.3) is 0 Å². The fraction of sp³-hybridized carbons (Fsp3) is 1.00. The van der Waals surface area contributed by atoms with Gasteiger partial charge in [0.2, 0.25) is 0 Å². The second-order valence-corrected chi connectivity index (χ2v) is 5.58. The zero-order valence-electron chi connectivity index (χ0n) is 10.6. The van der Waals surface area contributed by atoms with E-state index in [1.807, 2.05) is 0 Å². The number of aliphatic hydroxyl groups is 1. The number of aliphatic hydroxyl groups excluding tert-OH is 1. The Kier molecular flexibility index (Phi) is 5.62. The van der Waals surface area contributed by atoms with Crippen molar-refractivity contribution in [3.63, 3.8) is 0 Å². The minimum atomic E-state index is -0.0536. The molecule has 2 unspecified atom stereocenters. The van der Waals surface area contributed by atoms with E-state index >= 15 is 0 Å². The van der Waals surface area contributed by atoms with Gasteiger partial charge in [-0.1, -0.05) is 33.1 Å². The smallest absolute Gasteiger partial charge is 0.0580 e. The van der Waals surface area contributed by atoms with Gasteiger partial charge in [0.05, 0.1) is 6.10 Å². The quantitative estimate of drug-likeness (QED) is 0.725. The predicted molar refractivity (Wildman–Crippen MR) is 64.9 cm³/mol. The first-order valence-corrected chi connectivity index (χ1v) is 6.46. The molecule has 1 aliphatic carbocycles. The molecule has 0 aromatic heterocycles. The normalized spacial score (nSPS) is 28.4. The van der Waals surface area contributed by atoms with E-state index in [-0.39, 0.29) is 6.10 Å². The van der Waals surface area contributed by atoms with E-state index in [1.165, 1.54) is 25.7 Å². The lowest BCUT2D eigenvalue weighted by Crippen LogP contribution is -2.34. The third-order valence-corrected chi connectivity index (χ3v) is 3.34. The Morgan fingerprint density at radius 2 is 1.87 bits per heavy atom. The maximum absolute atomic E-state index is 10.0. The molecular weight excluding hydrogens is 186 g/mol. The monoisotopic (exact) mass is 213 g/mol. The summed E-state index contributed by atoms with van der Waals surface area (Å²) in [4.78, 5) is 2.38. The van der Waals surface area contributed by atoms with E-state index < -0.39 is 0 Å². The number of nitrogens with zero attached hydrogens (tertiary/aromatic N) is 1. The van der Waals surface area contributed by atoms with Crippen LogP contribution in [0.4, 0.5) is 0 Å². The molecule has 0 aromatic rings. The summed E-state index contributed by atoms with van der Waals surface area (Å²) >= 11 is 0. The fourth-order valence-electron chi connectivity index (χ4n) is 2.68. The van der Waals surface area contributed by atoms with E-state index in [9.17, 15) is 5.11 Å². The molecule has 0 amide bonds. The Morgan fingerprint density at radius 3 is 2.53 bits per heavy atom. The molecule has 0 bridgehead atoms. The largest absolute Gasteiger partial charge is 0.393 e. The van der Waals surface area contributed by atoms with Crippen LogP contribution in [0.5, 0.6) is 0 Å². The molecule has 0 radical (unpaired) electrons. The molecule has 2 nitrogen and oxygen atoms in total. The average molecular weight is 213 g/mol. The molecule has 0 aromatic carbocycles. The van der Waals surface area contributed by atoms with E-state index in [1.54, 1.807) is 0 Å². The van der Waals surface area contributed by atoms with Crippen molar-refractivity contribution >= 4 is 0 Å². The highest BCUT2D eigenvalue weighted by Crippen LogP contribution is 2.24. The van der Waals surface area contributed by atoms with E-state index in [0.717, 1.165) is 25.4 Å². The number of rotatable bonds is 4. The molecule has 1 aliphatic rings. The lowest BCUT2D eigenvalue weighted by atomic mass is 9.96. The summed E-state index contributed by atoms with van der Waals surface area (Å²) in [7, 11) is 2.18. The van der Waals surface area contributed by atoms with Crippen LogP contribution in [0.15, 0.2) is 0 Å². The van der Waals surface area contributed by atoms with Gasteiger partial charge in [-0.25, -0.2) is 0 Å². The van der Waals surface area contributed by atoms with Crippen LogP contribution in [0, 0.1) is 11.8 Å². The zero-order valence-corrected chi connectivity index (χ0v) is 10.6. The molecule has 2 atom stereocenters. The van der Waals surface area contributed by atoms with E-state index in [0.29, 0.717) is 5.92 Å². The van der Waals surface area contributed by atoms with Crippen molar-refractivity contribution in [2.45, 2.75) is 52.1 Å². The lowest BCUT2D eigenvalue weighted by molar-refractivity contribution is 0.0771. The van der Waals surface area contributed by atoms with Gasteiger partial charge in [-0.05, 0) is 31.7 Å². The molecule has 90 valence electrons. The van der Waals surface area contributed by atoms with Crippen LogP contribution in [0.3, 0.4) is 0 Å². The maximum atomic E-state index is 10.0. The molecule has 15 heavy (non-hydrogen) atoms. The summed E-state index contributed by atoms with van der Waals surface area (Å²) in [5, 5.41) is 10.0. The van der Waals surface area contributed by atoms with Crippen molar-refractivity contribution in [3.05, 3.63) is 0 Å². The number of hydrogen-bond donors (Lipinski definition) is 1. The van der Waals surface area contributed by atoms with Gasteiger partial charge in [-0.2, -0.15) is 0 Å². The van der Waals surface area contributed by atoms with Crippen molar-refractivity contribution < 1.29 is 5.11 Å². The minimum Gasteiger partial charge on any atom is -0.393 e. The first-order valence-electron chi connectivity index (χ1n) is 6.46. The SMILES string of the molecule is CC(C)CN(C)CC1CCCCCC1O. The van der Waals surface area contributed by atoms with Crippen LogP contribution in [0.2, 0.25) is 0 Å². The van der Waals surface area contributed by atoms with Gasteiger partial charge in [0.1, 0.15) is 0 Å². The van der Waals surface area contributed by atoms with Crippen LogP contribution in [0.1, 0.15) is 46.0 Å². The summed E-state index contributed by atoms with van der Waals surface area (Å²) in [6.45, 7) is 6.71. The molecule has 0 aliphatic heterocycles. The topological polar surface area (TPSA) is 23.5 Å². The summed E-state index contributed by atoms with van der Waals surface area (Å²) in [6.07, 6.45) is 6.00. The lowest BCUT2D eigenvalue weighted by Gasteiger charge is -2.27. The highest BCUT2D eigenvalue weighted by molar-refractivity contribution is 4.75. The predicted octanol–water partition coefficient (Wildman–Crippen LogP) is 2.52. The fourth-order valence-corrected chi connectivity index (χ4v) is 2.68. The van der Waals surface area contributed by atoms with Crippen LogP contribution >= 0.6 is 0 Å². The highest BCUT2D eigenvalue weighted by Gasteiger charge is 2.22. The molecule has 1 N–H and O–H groups in total. The Bertz CT molecular complexity index is 170. The van der Waals surface area contributed by atoms with Crippen LogP contribution in [-0.2, 0) is 0 Å². The van der Waals surface area contributed by atoms with Gasteiger partial charge < -0.3 is 10.0 Å². The molecule has 0 saturated heterocycles. The minimum absolute atomic E-state index is 0.0536. The highest BCUT2D eigenvalue weighted by atomic mass is 16.3. The van der Waals surface area contributed by atoms with Crippen molar-refractivity contribution in [2.24, 2.45) is 11.8 Å². The third-order valence-electron chi connectivity index (χ3n) is 3.34. The van der Waals surface area contributed by atoms with Crippen molar-refractivity contribution in [3.8, 4) is 0 Å². The van der Waals surface area contributed by atoms with Crippen LogP contribution < -0.4 is 0 Å². The van der Waals surface area contributed by atoms with E-state index in [4.69, 9.17) is 0 Å². The molecule has 1 rings (SSSR count). The molecular formula is C13H27NO. The van der Waals surface area contributed by atoms with Gasteiger partial charge in [-0.15, -0.1) is 0 Å². The van der Waals surface area contributed by atoms with Crippen molar-refractivity contribution in [1.82, 2.24) is 4.90 Å². The van der Waals surface area contributed by atoms with Gasteiger partial charge in [0.15, 0.2) is 0 Å². The first kappa shape index (κ1) is 13.0. The third kappa shape index (κ3) is 4.98. The molecule has 1 saturated carbocycles. The number of hydrogen-bond acceptors (Lipinski definition) is 2. The summed E-state index contributed by atoms with van der Waals surface area (Å²) in [5.74, 6) is 1.23. The van der Waals surface area contributed by atoms with Gasteiger partial charge in [0, 0.05) is 13.1 Å². The van der Waals surface area contributed by atoms with E-state index in [2.05, 4.69) is 25.8 Å². The molecule has 0 spiro atoms. The Balaban J connectivity index is 2.33. The van der Waals surface area contributed by atoms with Gasteiger partial charge >= 0.3 is 0 Å². The Labute approximate surface area is 94.7 Å². The Hall–Kier alpha value is -0.0800. The van der Waals surface area contributed by atoms with Gasteiger partial charge in [-0.3, -0.25) is 0 Å². The van der Waals surface area contributed by atoms with Gasteiger partial charge in [0.25, 0.3) is 0 Å². The standard InChI is InChI=1S/C13H27NO/c1-11(2)9-14(3)10-12-7-5-4-6-8-13(12)15/h11-13,15H,4-10H2,1-3H3. The maximum Gasteiger partial charge on any atom is 0.0580 e. The summed E-state index contributed by atoms with van der Waals surface area (Å²) in [6, 6.07) is 0. The molecule has 0 heterocycles. The first-order chi connectivity index (χ1) is 7.09. The average Bonchev–Trinajstić information content (AvgIpc) is 2.30. The second-order valence-electron chi connectivity index (χ2n) is 5.58. The molecule has 2 heteroatoms. The summed E-state index contributed by atoms with van der Waals surface area (Å²) < 4.78 is 0. The summed E-state index contributed by atoms with van der Waals surface area (Å²) in [5.41, 5.74) is 0. The second kappa shape index (κ2) is 6.49. The zero-order chi connectivity index (χ0) is 11.3. The van der Waals surface area contributed by atoms with Crippen molar-refractivity contribution in [2.75, 3.05) is 20.1 Å². The van der Waals surface area contributed by atoms with Crippen LogP contribution in [-0.4, -0.2) is 36.2 Å². The Morgan fingerprint density at radius 1 is 1.20 bits per heavy atom.